The van der Waals surface area contributed by atoms with Gasteiger partial charge in [0.15, 0.2) is 0 Å². The molecule has 1 N–H and O–H groups in total. The van der Waals surface area contributed by atoms with Gasteiger partial charge in [-0.25, -0.2) is 4.99 Å². The number of anilines is 1. The van der Waals surface area contributed by atoms with E-state index < -0.39 is 0 Å². The van der Waals surface area contributed by atoms with E-state index in [0.717, 1.165) is 20.9 Å². The van der Waals surface area contributed by atoms with Gasteiger partial charge in [0.05, 0.1) is 16.1 Å². The van der Waals surface area contributed by atoms with Crippen molar-refractivity contribution in [1.29, 1.82) is 0 Å². The molecule has 1 aromatic heterocycles. The zero-order valence-corrected chi connectivity index (χ0v) is 17.0. The molecule has 0 aliphatic carbocycles. The van der Waals surface area contributed by atoms with E-state index in [2.05, 4.69) is 44.3 Å². The van der Waals surface area contributed by atoms with Crippen molar-refractivity contribution in [1.82, 2.24) is 0 Å². The first-order valence-electron chi connectivity index (χ1n) is 8.20. The Morgan fingerprint density at radius 1 is 1.04 bits per heavy atom. The van der Waals surface area contributed by atoms with Crippen LogP contribution in [0.4, 0.5) is 11.4 Å². The fourth-order valence-corrected chi connectivity index (χ4v) is 6.33. The van der Waals surface area contributed by atoms with Crippen molar-refractivity contribution in [3.05, 3.63) is 62.1 Å². The van der Waals surface area contributed by atoms with Crippen LogP contribution in [0, 0.1) is 13.8 Å². The number of nitrogens with one attached hydrogen (secondary N) is 1. The molecule has 0 spiro atoms. The third-order valence-electron chi connectivity index (χ3n) is 4.65. The summed E-state index contributed by atoms with van der Waals surface area (Å²) in [5.41, 5.74) is 6.83. The van der Waals surface area contributed by atoms with Gasteiger partial charge in [0.2, 0.25) is 0 Å². The standard InChI is InChI=1S/C20H19ClN2S2/c1-11-7-5-8-13-16-18(20(3,4)23-17(11)13)24-25-19(16)22-15-10-6-9-14(21)12(15)2/h5-10,23H,1-4H3. The Morgan fingerprint density at radius 2 is 1.80 bits per heavy atom. The minimum atomic E-state index is -0.104. The molecular weight excluding hydrogens is 368 g/mol. The molecule has 0 bridgehead atoms. The van der Waals surface area contributed by atoms with Gasteiger partial charge in [-0.2, -0.15) is 0 Å². The van der Waals surface area contributed by atoms with Crippen molar-refractivity contribution >= 4 is 43.7 Å². The van der Waals surface area contributed by atoms with Crippen LogP contribution in [0.15, 0.2) is 41.4 Å². The minimum absolute atomic E-state index is 0.104. The van der Waals surface area contributed by atoms with Crippen molar-refractivity contribution in [3.8, 4) is 11.1 Å². The number of hydrogen-bond donors (Lipinski definition) is 1. The smallest absolute Gasteiger partial charge is 0.135 e. The zero-order valence-electron chi connectivity index (χ0n) is 14.6. The van der Waals surface area contributed by atoms with E-state index in [1.807, 2.05) is 35.5 Å². The Bertz CT molecular complexity index is 1040. The van der Waals surface area contributed by atoms with E-state index in [9.17, 15) is 0 Å². The monoisotopic (exact) mass is 386 g/mol. The van der Waals surface area contributed by atoms with Crippen LogP contribution in [0.2, 0.25) is 5.02 Å². The predicted molar refractivity (Wildman–Crippen MR) is 110 cm³/mol. The lowest BCUT2D eigenvalue weighted by Gasteiger charge is -2.34. The Labute approximate surface area is 160 Å². The summed E-state index contributed by atoms with van der Waals surface area (Å²) in [6, 6.07) is 12.4. The molecule has 128 valence electrons. The summed E-state index contributed by atoms with van der Waals surface area (Å²) in [7, 11) is 3.55. The van der Waals surface area contributed by atoms with Crippen molar-refractivity contribution in [2.45, 2.75) is 33.2 Å². The molecule has 2 nitrogen and oxygen atoms in total. The second-order valence-electron chi connectivity index (χ2n) is 6.92. The average Bonchev–Trinajstić information content (AvgIpc) is 2.98. The van der Waals surface area contributed by atoms with Crippen molar-refractivity contribution < 1.29 is 0 Å². The fourth-order valence-electron chi connectivity index (χ4n) is 3.23. The Balaban J connectivity index is 2.03. The van der Waals surface area contributed by atoms with Gasteiger partial charge in [-0.3, -0.25) is 0 Å². The van der Waals surface area contributed by atoms with E-state index in [1.54, 1.807) is 10.3 Å². The van der Waals surface area contributed by atoms with Crippen molar-refractivity contribution in [2.24, 2.45) is 4.99 Å². The molecule has 2 aromatic carbocycles. The second kappa shape index (κ2) is 5.97. The van der Waals surface area contributed by atoms with E-state index in [1.165, 1.54) is 27.3 Å². The molecule has 1 aliphatic rings. The Hall–Kier alpha value is -1.62. The quantitative estimate of drug-likeness (QED) is 0.465. The highest BCUT2D eigenvalue weighted by Crippen LogP contribution is 2.46. The molecule has 4 rings (SSSR count). The molecule has 0 saturated carbocycles. The number of halogens is 1. The van der Waals surface area contributed by atoms with E-state index in [-0.39, 0.29) is 5.54 Å². The molecule has 0 fully saturated rings. The molecule has 3 aromatic rings. The molecule has 0 amide bonds. The molecule has 0 radical (unpaired) electrons. The highest BCUT2D eigenvalue weighted by atomic mass is 35.5. The predicted octanol–water partition coefficient (Wildman–Crippen LogP) is 6.64. The number of hydrogen-bond acceptors (Lipinski definition) is 4. The summed E-state index contributed by atoms with van der Waals surface area (Å²) in [6.07, 6.45) is 0. The third kappa shape index (κ3) is 2.73. The maximum Gasteiger partial charge on any atom is 0.135 e. The van der Waals surface area contributed by atoms with Crippen LogP contribution in [0.1, 0.15) is 29.9 Å². The van der Waals surface area contributed by atoms with Gasteiger partial charge in [-0.1, -0.05) is 56.5 Å². The van der Waals surface area contributed by atoms with Crippen molar-refractivity contribution in [3.63, 3.8) is 0 Å². The van der Waals surface area contributed by atoms with E-state index in [0.29, 0.717) is 0 Å². The zero-order chi connectivity index (χ0) is 17.8. The molecule has 0 unspecified atom stereocenters. The van der Waals surface area contributed by atoms with Crippen LogP contribution in [0.25, 0.3) is 11.1 Å². The largest absolute Gasteiger partial charge is 0.374 e. The van der Waals surface area contributed by atoms with Gasteiger partial charge >= 0.3 is 0 Å². The molecule has 0 atom stereocenters. The molecular formula is C20H19ClN2S2. The number of fused-ring (bicyclic) bond motifs is 3. The molecule has 2 heterocycles. The Morgan fingerprint density at radius 3 is 2.60 bits per heavy atom. The third-order valence-corrected chi connectivity index (χ3v) is 7.70. The fraction of sp³-hybridized carbons (Fsp3) is 0.250. The first kappa shape index (κ1) is 16.8. The maximum absolute atomic E-state index is 6.28. The van der Waals surface area contributed by atoms with Gasteiger partial charge in [0.1, 0.15) is 4.67 Å². The summed E-state index contributed by atoms with van der Waals surface area (Å²) >= 11 is 6.28. The maximum atomic E-state index is 6.28. The van der Waals surface area contributed by atoms with Crippen molar-refractivity contribution in [2.75, 3.05) is 5.32 Å². The SMILES string of the molecule is Cc1cccc2c1NC(C)(C)c1ssc(=Nc3cccc(Cl)c3C)c1-2. The number of nitrogens with zero attached hydrogens (tertiary/aromatic N) is 1. The molecule has 5 heteroatoms. The van der Waals surface area contributed by atoms with Crippen LogP contribution >= 0.6 is 32.3 Å². The molecule has 0 saturated heterocycles. The molecule has 25 heavy (non-hydrogen) atoms. The van der Waals surface area contributed by atoms with Crippen LogP contribution in [-0.4, -0.2) is 0 Å². The van der Waals surface area contributed by atoms with Gasteiger partial charge in [-0.05, 0) is 51.0 Å². The average molecular weight is 387 g/mol. The van der Waals surface area contributed by atoms with Crippen LogP contribution in [-0.2, 0) is 5.54 Å². The highest BCUT2D eigenvalue weighted by molar-refractivity contribution is 7.68. The van der Waals surface area contributed by atoms with E-state index in [4.69, 9.17) is 16.6 Å². The lowest BCUT2D eigenvalue weighted by atomic mass is 9.88. The number of rotatable bonds is 1. The lowest BCUT2D eigenvalue weighted by Crippen LogP contribution is -2.32. The second-order valence-corrected chi connectivity index (χ2v) is 9.45. The van der Waals surface area contributed by atoms with Crippen LogP contribution in [0.3, 0.4) is 0 Å². The topological polar surface area (TPSA) is 24.4 Å². The van der Waals surface area contributed by atoms with Crippen LogP contribution < -0.4 is 9.99 Å². The lowest BCUT2D eigenvalue weighted by molar-refractivity contribution is 0.618. The van der Waals surface area contributed by atoms with Gasteiger partial charge in [0.25, 0.3) is 0 Å². The van der Waals surface area contributed by atoms with Gasteiger partial charge in [-0.15, -0.1) is 0 Å². The van der Waals surface area contributed by atoms with Gasteiger partial charge in [0, 0.05) is 21.8 Å². The minimum Gasteiger partial charge on any atom is -0.374 e. The number of benzene rings is 2. The Kier molecular flexibility index (Phi) is 4.02. The normalized spacial score (nSPS) is 15.5. The summed E-state index contributed by atoms with van der Waals surface area (Å²) in [5.74, 6) is 0. The number of aryl methyl sites for hydroxylation is 1. The van der Waals surface area contributed by atoms with Crippen LogP contribution in [0.5, 0.6) is 0 Å². The number of para-hydroxylation sites is 1. The van der Waals surface area contributed by atoms with Gasteiger partial charge < -0.3 is 5.32 Å². The summed E-state index contributed by atoms with van der Waals surface area (Å²) in [6.45, 7) is 8.65. The molecule has 1 aliphatic heterocycles. The first-order valence-corrected chi connectivity index (χ1v) is 10.7. The van der Waals surface area contributed by atoms with E-state index >= 15 is 0 Å². The summed E-state index contributed by atoms with van der Waals surface area (Å²) in [5, 5.41) is 4.47. The summed E-state index contributed by atoms with van der Waals surface area (Å²) < 4.78 is 1.06. The first-order chi connectivity index (χ1) is 11.9. The highest BCUT2D eigenvalue weighted by Gasteiger charge is 2.34. The summed E-state index contributed by atoms with van der Waals surface area (Å²) in [4.78, 5) is 6.33.